The molecule has 0 radical (unpaired) electrons. The minimum Gasteiger partial charge on any atom is -0.315 e. The number of urea groups is 1. The smallest absolute Gasteiger partial charge is 0.315 e. The van der Waals surface area contributed by atoms with Crippen molar-refractivity contribution in [2.45, 2.75) is 20.8 Å². The van der Waals surface area contributed by atoms with Crippen molar-refractivity contribution in [3.63, 3.8) is 0 Å². The minimum atomic E-state index is -0.487. The first kappa shape index (κ1) is 26.3. The van der Waals surface area contributed by atoms with Gasteiger partial charge in [0.05, 0.1) is 27.1 Å². The Balaban J connectivity index is 1.63. The van der Waals surface area contributed by atoms with Crippen molar-refractivity contribution < 1.29 is 9.59 Å². The minimum absolute atomic E-state index is 0.184. The van der Waals surface area contributed by atoms with Gasteiger partial charge in [0.15, 0.2) is 0 Å². The Bertz CT molecular complexity index is 1420. The molecule has 3 amide bonds. The van der Waals surface area contributed by atoms with Gasteiger partial charge in [0.2, 0.25) is 5.91 Å². The van der Waals surface area contributed by atoms with Crippen LogP contribution in [0.15, 0.2) is 72.8 Å². The first-order valence-corrected chi connectivity index (χ1v) is 12.6. The lowest BCUT2D eigenvalue weighted by atomic mass is 10.1. The van der Waals surface area contributed by atoms with Gasteiger partial charge in [-0.1, -0.05) is 77.8 Å². The van der Waals surface area contributed by atoms with Crippen molar-refractivity contribution in [1.82, 2.24) is 14.7 Å². The largest absolute Gasteiger partial charge is 0.322 e. The Hall–Kier alpha value is -3.81. The van der Waals surface area contributed by atoms with Crippen LogP contribution in [0.25, 0.3) is 16.8 Å². The molecule has 2 N–H and O–H groups in total. The molecule has 0 fully saturated rings. The second-order valence-corrected chi connectivity index (χ2v) is 9.28. The topological polar surface area (TPSA) is 79.3 Å². The lowest BCUT2D eigenvalue weighted by molar-refractivity contribution is -0.116. The molecule has 3 aromatic carbocycles. The molecule has 1 aromatic heterocycles. The van der Waals surface area contributed by atoms with Crippen LogP contribution < -0.4 is 10.6 Å². The summed E-state index contributed by atoms with van der Waals surface area (Å²) in [5, 5.41) is 11.1. The normalized spacial score (nSPS) is 10.7. The number of likely N-dealkylation sites (N-methyl/N-ethyl adjacent to an activating group) is 1. The van der Waals surface area contributed by atoms with Gasteiger partial charge in [0.1, 0.15) is 12.4 Å². The Morgan fingerprint density at radius 3 is 2.19 bits per heavy atom. The number of hydrogen-bond donors (Lipinski definition) is 2. The summed E-state index contributed by atoms with van der Waals surface area (Å²) in [5.41, 5.74) is 4.66. The van der Waals surface area contributed by atoms with E-state index >= 15 is 0 Å². The van der Waals surface area contributed by atoms with Crippen molar-refractivity contribution >= 4 is 46.6 Å². The van der Waals surface area contributed by atoms with E-state index in [1.807, 2.05) is 68.4 Å². The Labute approximate surface area is 226 Å². The fourth-order valence-electron chi connectivity index (χ4n) is 4.04. The molecule has 9 heteroatoms. The third kappa shape index (κ3) is 5.79. The maximum Gasteiger partial charge on any atom is 0.322 e. The molecule has 0 unspecified atom stereocenters. The first-order chi connectivity index (χ1) is 17.8. The van der Waals surface area contributed by atoms with E-state index in [2.05, 4.69) is 10.6 Å². The molecule has 0 spiro atoms. The molecule has 0 aliphatic carbocycles. The van der Waals surface area contributed by atoms with E-state index in [9.17, 15) is 9.59 Å². The summed E-state index contributed by atoms with van der Waals surface area (Å²) in [6, 6.07) is 22.0. The van der Waals surface area contributed by atoms with Gasteiger partial charge in [0.25, 0.3) is 0 Å². The summed E-state index contributed by atoms with van der Waals surface area (Å²) in [4.78, 5) is 27.6. The third-order valence-electron chi connectivity index (χ3n) is 5.92. The fourth-order valence-corrected chi connectivity index (χ4v) is 4.54. The van der Waals surface area contributed by atoms with Crippen LogP contribution in [-0.2, 0) is 4.79 Å². The van der Waals surface area contributed by atoms with Gasteiger partial charge >= 0.3 is 6.03 Å². The van der Waals surface area contributed by atoms with Crippen LogP contribution in [-0.4, -0.2) is 39.7 Å². The molecular weight excluding hydrogens is 509 g/mol. The molecule has 190 valence electrons. The number of aromatic nitrogens is 2. The van der Waals surface area contributed by atoms with E-state index in [0.29, 0.717) is 28.1 Å². The van der Waals surface area contributed by atoms with E-state index in [-0.39, 0.29) is 12.5 Å². The molecule has 7 nitrogen and oxygen atoms in total. The zero-order chi connectivity index (χ0) is 26.5. The van der Waals surface area contributed by atoms with Crippen LogP contribution in [0, 0.1) is 13.8 Å². The standard InChI is InChI=1S/C28H27Cl2N5O2/c1-4-34(28(37)32-26-21(29)14-10-15-22(26)30)17-24(36)31-27-25(20-12-6-5-7-13-20)19(3)33-35(27)23-16-9-8-11-18(23)2/h5-16H,4,17H2,1-3H3,(H,31,36)(H,32,37). The van der Waals surface area contributed by atoms with Crippen molar-refractivity contribution in [3.8, 4) is 16.8 Å². The van der Waals surface area contributed by atoms with Crippen LogP contribution in [0.1, 0.15) is 18.2 Å². The summed E-state index contributed by atoms with van der Waals surface area (Å²) in [6.45, 7) is 5.80. The number of benzene rings is 3. The molecular formula is C28H27Cl2N5O2. The predicted molar refractivity (Wildman–Crippen MR) is 150 cm³/mol. The van der Waals surface area contributed by atoms with Gasteiger partial charge in [-0.3, -0.25) is 4.79 Å². The molecule has 37 heavy (non-hydrogen) atoms. The fraction of sp³-hybridized carbons (Fsp3) is 0.179. The van der Waals surface area contributed by atoms with E-state index in [1.165, 1.54) is 4.90 Å². The van der Waals surface area contributed by atoms with Crippen LogP contribution in [0.2, 0.25) is 10.0 Å². The number of anilines is 2. The second kappa shape index (κ2) is 11.5. The molecule has 0 aliphatic rings. The summed E-state index contributed by atoms with van der Waals surface area (Å²) in [5.74, 6) is 0.169. The molecule has 0 saturated heterocycles. The molecule has 4 aromatic rings. The molecule has 1 heterocycles. The monoisotopic (exact) mass is 535 g/mol. The van der Waals surface area contributed by atoms with E-state index in [4.69, 9.17) is 28.3 Å². The maximum atomic E-state index is 13.3. The van der Waals surface area contributed by atoms with Crippen LogP contribution >= 0.6 is 23.2 Å². The Kier molecular flexibility index (Phi) is 8.16. The first-order valence-electron chi connectivity index (χ1n) is 11.8. The summed E-state index contributed by atoms with van der Waals surface area (Å²) in [6.07, 6.45) is 0. The van der Waals surface area contributed by atoms with Gasteiger partial charge in [-0.05, 0) is 50.1 Å². The summed E-state index contributed by atoms with van der Waals surface area (Å²) < 4.78 is 1.74. The highest BCUT2D eigenvalue weighted by Gasteiger charge is 2.23. The summed E-state index contributed by atoms with van der Waals surface area (Å²) in [7, 11) is 0. The Morgan fingerprint density at radius 2 is 1.54 bits per heavy atom. The number of para-hydroxylation sites is 2. The van der Waals surface area contributed by atoms with Crippen molar-refractivity contribution in [3.05, 3.63) is 94.1 Å². The lowest BCUT2D eigenvalue weighted by Gasteiger charge is -2.22. The number of amides is 3. The van der Waals surface area contributed by atoms with E-state index in [1.54, 1.807) is 29.8 Å². The summed E-state index contributed by atoms with van der Waals surface area (Å²) >= 11 is 12.4. The number of nitrogens with zero attached hydrogens (tertiary/aromatic N) is 3. The number of carbonyl (C=O) groups excluding carboxylic acids is 2. The second-order valence-electron chi connectivity index (χ2n) is 8.46. The number of carbonyl (C=O) groups is 2. The highest BCUT2D eigenvalue weighted by atomic mass is 35.5. The Morgan fingerprint density at radius 1 is 0.892 bits per heavy atom. The molecule has 4 rings (SSSR count). The molecule has 0 saturated carbocycles. The van der Waals surface area contributed by atoms with Gasteiger partial charge in [0, 0.05) is 12.1 Å². The number of hydrogen-bond acceptors (Lipinski definition) is 3. The van der Waals surface area contributed by atoms with Crippen LogP contribution in [0.3, 0.4) is 0 Å². The van der Waals surface area contributed by atoms with Gasteiger partial charge < -0.3 is 15.5 Å². The molecule has 0 aliphatic heterocycles. The van der Waals surface area contributed by atoms with Crippen LogP contribution in [0.5, 0.6) is 0 Å². The van der Waals surface area contributed by atoms with Gasteiger partial charge in [-0.2, -0.15) is 5.10 Å². The van der Waals surface area contributed by atoms with Crippen molar-refractivity contribution in [2.24, 2.45) is 0 Å². The highest BCUT2D eigenvalue weighted by Crippen LogP contribution is 2.34. The highest BCUT2D eigenvalue weighted by molar-refractivity contribution is 6.39. The average Bonchev–Trinajstić information content (AvgIpc) is 3.20. The zero-order valence-electron chi connectivity index (χ0n) is 20.8. The van der Waals surface area contributed by atoms with Gasteiger partial charge in [-0.15, -0.1) is 0 Å². The van der Waals surface area contributed by atoms with Crippen molar-refractivity contribution in [1.29, 1.82) is 0 Å². The van der Waals surface area contributed by atoms with Crippen molar-refractivity contribution in [2.75, 3.05) is 23.7 Å². The SMILES string of the molecule is CCN(CC(=O)Nc1c(-c2ccccc2)c(C)nn1-c1ccccc1C)C(=O)Nc1c(Cl)cccc1Cl. The van der Waals surface area contributed by atoms with Crippen LogP contribution in [0.4, 0.5) is 16.3 Å². The number of halogens is 2. The van der Waals surface area contributed by atoms with E-state index in [0.717, 1.165) is 28.1 Å². The van der Waals surface area contributed by atoms with E-state index < -0.39 is 6.03 Å². The number of rotatable bonds is 7. The zero-order valence-corrected chi connectivity index (χ0v) is 22.3. The predicted octanol–water partition coefficient (Wildman–Crippen LogP) is 6.96. The molecule has 0 bridgehead atoms. The lowest BCUT2D eigenvalue weighted by Crippen LogP contribution is -2.40. The average molecular weight is 536 g/mol. The maximum absolute atomic E-state index is 13.3. The number of aryl methyl sites for hydroxylation is 2. The molecule has 0 atom stereocenters. The van der Waals surface area contributed by atoms with Gasteiger partial charge in [-0.25, -0.2) is 9.48 Å². The third-order valence-corrected chi connectivity index (χ3v) is 6.55. The number of nitrogens with one attached hydrogen (secondary N) is 2. The quantitative estimate of drug-likeness (QED) is 0.268.